The lowest BCUT2D eigenvalue weighted by Gasteiger charge is -2.11. The topological polar surface area (TPSA) is 152 Å². The molecular formula is C24H22F2N4O5S2. The summed E-state index contributed by atoms with van der Waals surface area (Å²) in [5.41, 5.74) is 0.200. The Morgan fingerprint density at radius 2 is 1.81 bits per heavy atom. The van der Waals surface area contributed by atoms with Gasteiger partial charge in [0.2, 0.25) is 25.8 Å². The van der Waals surface area contributed by atoms with Gasteiger partial charge in [-0.2, -0.15) is 0 Å². The summed E-state index contributed by atoms with van der Waals surface area (Å²) in [6.45, 7) is 3.21. The molecule has 0 saturated carbocycles. The van der Waals surface area contributed by atoms with Gasteiger partial charge in [-0.05, 0) is 48.7 Å². The third-order valence-electron chi connectivity index (χ3n) is 5.65. The Balaban J connectivity index is 1.78. The van der Waals surface area contributed by atoms with Crippen LogP contribution in [0.25, 0.3) is 22.2 Å². The zero-order chi connectivity index (χ0) is 27.1. The molecule has 4 rings (SSSR count). The van der Waals surface area contributed by atoms with E-state index in [0.29, 0.717) is 16.7 Å². The van der Waals surface area contributed by atoms with Crippen molar-refractivity contribution in [1.29, 1.82) is 0 Å². The number of carbonyl (C=O) groups is 1. The second kappa shape index (κ2) is 9.65. The van der Waals surface area contributed by atoms with Gasteiger partial charge in [-0.1, -0.05) is 19.1 Å². The first-order valence-electron chi connectivity index (χ1n) is 11.0. The van der Waals surface area contributed by atoms with Gasteiger partial charge < -0.3 is 4.98 Å². The number of fused-ring (bicyclic) bond motifs is 1. The number of hydrogen-bond donors (Lipinski definition) is 3. The number of sulfonamides is 2. The van der Waals surface area contributed by atoms with Crippen molar-refractivity contribution >= 4 is 42.6 Å². The standard InChI is InChI=1S/C24H22F2N4O5S2/c1-3-8-36(32,33)30-19-6-5-18(25)21(22(19)26)23(31)17-12-29-24-16(17)10-15(11-28-24)14-4-7-20(13(2)9-14)37(27,34)35/h4-7,9-12,30H,3,8H2,1-2H3,(H,28,29)(H2,27,34,35). The number of aromatic amines is 1. The molecule has 2 aromatic heterocycles. The zero-order valence-electron chi connectivity index (χ0n) is 19.7. The number of nitrogens with one attached hydrogen (secondary N) is 2. The molecule has 0 spiro atoms. The van der Waals surface area contributed by atoms with Crippen LogP contribution >= 0.6 is 0 Å². The van der Waals surface area contributed by atoms with E-state index in [1.54, 1.807) is 26.0 Å². The van der Waals surface area contributed by atoms with Crippen LogP contribution in [0.15, 0.2) is 53.7 Å². The lowest BCUT2D eigenvalue weighted by Crippen LogP contribution is -2.18. The number of hydrogen-bond acceptors (Lipinski definition) is 6. The summed E-state index contributed by atoms with van der Waals surface area (Å²) in [5, 5.41) is 5.47. The number of ketones is 1. The number of carbonyl (C=O) groups excluding carboxylic acids is 1. The van der Waals surface area contributed by atoms with Crippen LogP contribution in [-0.2, 0) is 20.0 Å². The average Bonchev–Trinajstić information content (AvgIpc) is 3.23. The molecule has 0 aliphatic carbocycles. The number of primary sulfonamides is 1. The third kappa shape index (κ3) is 5.24. The van der Waals surface area contributed by atoms with Crippen molar-refractivity contribution in [3.05, 3.63) is 77.1 Å². The first-order chi connectivity index (χ1) is 17.3. The van der Waals surface area contributed by atoms with E-state index >= 15 is 4.39 Å². The van der Waals surface area contributed by atoms with E-state index in [9.17, 15) is 26.0 Å². The number of pyridine rings is 1. The summed E-state index contributed by atoms with van der Waals surface area (Å²) in [4.78, 5) is 20.3. The van der Waals surface area contributed by atoms with Gasteiger partial charge in [0.15, 0.2) is 5.82 Å². The molecule has 9 nitrogen and oxygen atoms in total. The van der Waals surface area contributed by atoms with Crippen molar-refractivity contribution in [3.63, 3.8) is 0 Å². The molecule has 13 heteroatoms. The molecule has 4 aromatic rings. The van der Waals surface area contributed by atoms with Crippen LogP contribution in [0.4, 0.5) is 14.5 Å². The predicted molar refractivity (Wildman–Crippen MR) is 135 cm³/mol. The minimum atomic E-state index is -3.91. The minimum Gasteiger partial charge on any atom is -0.345 e. The molecular weight excluding hydrogens is 526 g/mol. The number of aryl methyl sites for hydroxylation is 1. The highest BCUT2D eigenvalue weighted by atomic mass is 32.2. The van der Waals surface area contributed by atoms with Crippen LogP contribution in [0.3, 0.4) is 0 Å². The molecule has 2 aromatic carbocycles. The zero-order valence-corrected chi connectivity index (χ0v) is 21.3. The molecule has 0 aliphatic heterocycles. The Kier molecular flexibility index (Phi) is 6.88. The number of H-pyrrole nitrogens is 1. The van der Waals surface area contributed by atoms with Crippen molar-refractivity contribution in [2.75, 3.05) is 10.5 Å². The molecule has 0 aliphatic rings. The second-order valence-electron chi connectivity index (χ2n) is 8.38. The number of benzene rings is 2. The van der Waals surface area contributed by atoms with Crippen molar-refractivity contribution < 1.29 is 30.4 Å². The summed E-state index contributed by atoms with van der Waals surface area (Å²) < 4.78 is 79.5. The molecule has 0 unspecified atom stereocenters. The highest BCUT2D eigenvalue weighted by Crippen LogP contribution is 2.30. The van der Waals surface area contributed by atoms with Gasteiger partial charge in [0.05, 0.1) is 21.9 Å². The van der Waals surface area contributed by atoms with E-state index in [4.69, 9.17) is 5.14 Å². The molecule has 4 N–H and O–H groups in total. The number of anilines is 1. The Bertz CT molecular complexity index is 1770. The Morgan fingerprint density at radius 3 is 2.46 bits per heavy atom. The van der Waals surface area contributed by atoms with Crippen molar-refractivity contribution in [3.8, 4) is 11.1 Å². The van der Waals surface area contributed by atoms with Crippen molar-refractivity contribution in [2.45, 2.75) is 25.2 Å². The lowest BCUT2D eigenvalue weighted by atomic mass is 9.99. The van der Waals surface area contributed by atoms with E-state index in [0.717, 1.165) is 12.1 Å². The highest BCUT2D eigenvalue weighted by molar-refractivity contribution is 7.92. The molecule has 194 valence electrons. The number of nitrogens with zero attached hydrogens (tertiary/aromatic N) is 1. The molecule has 0 atom stereocenters. The number of halogens is 2. The Hall–Kier alpha value is -3.68. The minimum absolute atomic E-state index is 0.0387. The van der Waals surface area contributed by atoms with E-state index in [2.05, 4.69) is 9.97 Å². The normalized spacial score (nSPS) is 12.1. The molecule has 0 bridgehead atoms. The summed E-state index contributed by atoms with van der Waals surface area (Å²) in [6, 6.07) is 7.76. The summed E-state index contributed by atoms with van der Waals surface area (Å²) >= 11 is 0. The van der Waals surface area contributed by atoms with Crippen LogP contribution < -0.4 is 9.86 Å². The first-order valence-corrected chi connectivity index (χ1v) is 14.2. The SMILES string of the molecule is CCCS(=O)(=O)Nc1ccc(F)c(C(=O)c2c[nH]c3ncc(-c4ccc(S(N)(=O)=O)c(C)c4)cc23)c1F. The van der Waals surface area contributed by atoms with Gasteiger partial charge in [0.25, 0.3) is 0 Å². The maximum absolute atomic E-state index is 15.2. The maximum atomic E-state index is 15.2. The van der Waals surface area contributed by atoms with E-state index in [1.165, 1.54) is 24.5 Å². The summed E-state index contributed by atoms with van der Waals surface area (Å²) in [6.07, 6.45) is 3.02. The lowest BCUT2D eigenvalue weighted by molar-refractivity contribution is 0.103. The summed E-state index contributed by atoms with van der Waals surface area (Å²) in [7, 11) is -7.80. The van der Waals surface area contributed by atoms with Gasteiger partial charge in [-0.3, -0.25) is 9.52 Å². The molecule has 2 heterocycles. The van der Waals surface area contributed by atoms with Crippen LogP contribution in [0.2, 0.25) is 0 Å². The number of aromatic nitrogens is 2. The smallest absolute Gasteiger partial charge is 0.238 e. The monoisotopic (exact) mass is 548 g/mol. The van der Waals surface area contributed by atoms with E-state index in [-0.39, 0.29) is 33.7 Å². The molecule has 0 saturated heterocycles. The summed E-state index contributed by atoms with van der Waals surface area (Å²) in [5.74, 6) is -3.79. The Morgan fingerprint density at radius 1 is 1.08 bits per heavy atom. The molecule has 0 fully saturated rings. The molecule has 37 heavy (non-hydrogen) atoms. The van der Waals surface area contributed by atoms with Gasteiger partial charge in [0.1, 0.15) is 11.5 Å². The fourth-order valence-corrected chi connectivity index (χ4v) is 5.86. The van der Waals surface area contributed by atoms with Crippen LogP contribution in [0.1, 0.15) is 34.8 Å². The quantitative estimate of drug-likeness (QED) is 0.285. The van der Waals surface area contributed by atoms with Gasteiger partial charge in [-0.15, -0.1) is 0 Å². The van der Waals surface area contributed by atoms with E-state index < -0.39 is 48.7 Å². The van der Waals surface area contributed by atoms with Crippen LogP contribution in [0.5, 0.6) is 0 Å². The van der Waals surface area contributed by atoms with Crippen LogP contribution in [0, 0.1) is 18.6 Å². The number of rotatable bonds is 8. The maximum Gasteiger partial charge on any atom is 0.238 e. The number of nitrogens with two attached hydrogens (primary N) is 1. The highest BCUT2D eigenvalue weighted by Gasteiger charge is 2.26. The Labute approximate surface area is 211 Å². The average molecular weight is 549 g/mol. The largest absolute Gasteiger partial charge is 0.345 e. The third-order valence-corrected chi connectivity index (χ3v) is 8.19. The second-order valence-corrected chi connectivity index (χ2v) is 11.8. The molecule has 0 amide bonds. The van der Waals surface area contributed by atoms with Crippen LogP contribution in [-0.4, -0.2) is 38.3 Å². The molecule has 0 radical (unpaired) electrons. The van der Waals surface area contributed by atoms with E-state index in [1.807, 2.05) is 4.72 Å². The van der Waals surface area contributed by atoms with Gasteiger partial charge in [-0.25, -0.2) is 35.7 Å². The van der Waals surface area contributed by atoms with Crippen molar-refractivity contribution in [1.82, 2.24) is 9.97 Å². The fraction of sp³-hybridized carbons (Fsp3) is 0.167. The van der Waals surface area contributed by atoms with Gasteiger partial charge in [0, 0.05) is 28.9 Å². The first kappa shape index (κ1) is 26.4. The predicted octanol–water partition coefficient (Wildman–Crippen LogP) is 3.85. The van der Waals surface area contributed by atoms with Gasteiger partial charge >= 0.3 is 0 Å². The van der Waals surface area contributed by atoms with Crippen molar-refractivity contribution in [2.24, 2.45) is 5.14 Å². The fourth-order valence-electron chi connectivity index (χ4n) is 3.96.